The maximum Gasteiger partial charge on any atom is 0.491 e. The summed E-state index contributed by atoms with van der Waals surface area (Å²) in [4.78, 5) is 26.1. The molecule has 4 aromatic rings. The first-order valence-electron chi connectivity index (χ1n) is 9.38. The van der Waals surface area contributed by atoms with Gasteiger partial charge in [0.2, 0.25) is 6.33 Å². The van der Waals surface area contributed by atoms with Crippen molar-refractivity contribution in [3.8, 4) is 5.69 Å². The van der Waals surface area contributed by atoms with Crippen molar-refractivity contribution >= 4 is 11.9 Å². The van der Waals surface area contributed by atoms with Crippen LogP contribution < -0.4 is 5.32 Å². The van der Waals surface area contributed by atoms with Gasteiger partial charge in [0.25, 0.3) is 5.91 Å². The van der Waals surface area contributed by atoms with Gasteiger partial charge in [-0.3, -0.25) is 4.79 Å². The summed E-state index contributed by atoms with van der Waals surface area (Å²) >= 11 is 0. The second-order valence-electron chi connectivity index (χ2n) is 6.80. The molecule has 0 aliphatic heterocycles. The Hall–Kier alpha value is -4.35. The smallest absolute Gasteiger partial charge is 0.390 e. The highest BCUT2D eigenvalue weighted by molar-refractivity contribution is 5.92. The highest BCUT2D eigenvalue weighted by Gasteiger charge is 2.17. The van der Waals surface area contributed by atoms with Crippen molar-refractivity contribution in [1.29, 1.82) is 0 Å². The van der Waals surface area contributed by atoms with E-state index in [9.17, 15) is 14.9 Å². The Labute approximate surface area is 176 Å². The molecular weight excluding hydrogens is 402 g/mol. The van der Waals surface area contributed by atoms with Crippen molar-refractivity contribution in [1.82, 2.24) is 39.6 Å². The van der Waals surface area contributed by atoms with Gasteiger partial charge in [-0.25, -0.2) is 9.36 Å². The third kappa shape index (κ3) is 4.17. The fourth-order valence-electron chi connectivity index (χ4n) is 3.16. The van der Waals surface area contributed by atoms with E-state index in [-0.39, 0.29) is 18.3 Å². The highest BCUT2D eigenvalue weighted by atomic mass is 16.6. The number of aromatic nitrogens is 7. The first-order valence-corrected chi connectivity index (χ1v) is 9.38. The van der Waals surface area contributed by atoms with Gasteiger partial charge in [-0.05, 0) is 37.0 Å². The van der Waals surface area contributed by atoms with Crippen LogP contribution in [0, 0.1) is 24.0 Å². The molecule has 0 fully saturated rings. The van der Waals surface area contributed by atoms with Crippen molar-refractivity contribution < 1.29 is 9.72 Å². The van der Waals surface area contributed by atoms with E-state index in [0.717, 1.165) is 22.6 Å². The van der Waals surface area contributed by atoms with Crippen LogP contribution >= 0.6 is 0 Å². The van der Waals surface area contributed by atoms with E-state index in [4.69, 9.17) is 0 Å². The number of carbonyl (C=O) groups is 1. The number of benzene rings is 1. The minimum atomic E-state index is -0.678. The van der Waals surface area contributed by atoms with Crippen molar-refractivity contribution in [2.75, 3.05) is 0 Å². The maximum atomic E-state index is 12.5. The van der Waals surface area contributed by atoms with Gasteiger partial charge in [-0.15, -0.1) is 0 Å². The van der Waals surface area contributed by atoms with Gasteiger partial charge in [0.1, 0.15) is 5.69 Å². The molecule has 158 valence electrons. The van der Waals surface area contributed by atoms with Gasteiger partial charge in [-0.2, -0.15) is 14.9 Å². The van der Waals surface area contributed by atoms with Gasteiger partial charge in [0.05, 0.1) is 11.4 Å². The largest absolute Gasteiger partial charge is 0.491 e. The lowest BCUT2D eigenvalue weighted by Gasteiger charge is -2.06. The molecule has 0 bridgehead atoms. The molecule has 12 heteroatoms. The Morgan fingerprint density at radius 1 is 1.10 bits per heavy atom. The Morgan fingerprint density at radius 2 is 1.87 bits per heavy atom. The summed E-state index contributed by atoms with van der Waals surface area (Å²) in [5.74, 6) is -0.832. The average Bonchev–Trinajstić information content (AvgIpc) is 3.48. The first kappa shape index (κ1) is 19.9. The van der Waals surface area contributed by atoms with Crippen molar-refractivity contribution in [2.45, 2.75) is 27.1 Å². The monoisotopic (exact) mass is 421 g/mol. The van der Waals surface area contributed by atoms with Crippen molar-refractivity contribution in [3.05, 3.63) is 81.7 Å². The minimum absolute atomic E-state index is 0.0934. The van der Waals surface area contributed by atoms with Crippen LogP contribution in [0.15, 0.2) is 48.9 Å². The average molecular weight is 421 g/mol. The van der Waals surface area contributed by atoms with Gasteiger partial charge in [0, 0.05) is 29.1 Å². The summed E-state index contributed by atoms with van der Waals surface area (Å²) in [6.07, 6.45) is 2.82. The molecule has 1 N–H and O–H groups in total. The van der Waals surface area contributed by atoms with E-state index in [1.54, 1.807) is 12.3 Å². The molecule has 0 aliphatic rings. The van der Waals surface area contributed by atoms with E-state index in [2.05, 4.69) is 25.6 Å². The third-order valence-electron chi connectivity index (χ3n) is 4.72. The number of nitro groups is 1. The van der Waals surface area contributed by atoms with Gasteiger partial charge < -0.3 is 15.4 Å². The minimum Gasteiger partial charge on any atom is -0.390 e. The predicted octanol–water partition coefficient (Wildman–Crippen LogP) is 1.62. The number of rotatable bonds is 7. The second-order valence-corrected chi connectivity index (χ2v) is 6.80. The number of aryl methyl sites for hydroxylation is 1. The van der Waals surface area contributed by atoms with Crippen LogP contribution in [0.5, 0.6) is 0 Å². The molecule has 0 unspecified atom stereocenters. The molecule has 0 saturated carbocycles. The Morgan fingerprint density at radius 3 is 2.58 bits per heavy atom. The SMILES string of the molecule is Cc1nn(-c2ccccc2)c(C)c1CNC(=O)c1ccn(Cn2cnc([N+](=O)[O-])n2)n1. The van der Waals surface area contributed by atoms with Crippen LogP contribution in [0.25, 0.3) is 5.69 Å². The lowest BCUT2D eigenvalue weighted by molar-refractivity contribution is -0.394. The Kier molecular flexibility index (Phi) is 5.26. The van der Waals surface area contributed by atoms with Crippen molar-refractivity contribution in [2.24, 2.45) is 0 Å². The first-order chi connectivity index (χ1) is 14.9. The maximum absolute atomic E-state index is 12.5. The molecule has 31 heavy (non-hydrogen) atoms. The fraction of sp³-hybridized carbons (Fsp3) is 0.211. The summed E-state index contributed by atoms with van der Waals surface area (Å²) in [6, 6.07) is 11.3. The molecule has 1 amide bonds. The molecule has 4 rings (SSSR count). The summed E-state index contributed by atoms with van der Waals surface area (Å²) in [6.45, 7) is 4.27. The van der Waals surface area contributed by atoms with E-state index in [1.165, 1.54) is 15.7 Å². The van der Waals surface area contributed by atoms with E-state index in [1.807, 2.05) is 48.9 Å². The lowest BCUT2D eigenvalue weighted by atomic mass is 10.2. The molecule has 0 saturated heterocycles. The zero-order valence-electron chi connectivity index (χ0n) is 16.8. The molecule has 0 atom stereocenters. The van der Waals surface area contributed by atoms with Crippen LogP contribution in [0.2, 0.25) is 0 Å². The summed E-state index contributed by atoms with van der Waals surface area (Å²) in [5.41, 5.74) is 3.89. The summed E-state index contributed by atoms with van der Waals surface area (Å²) in [5, 5.41) is 26.0. The van der Waals surface area contributed by atoms with E-state index >= 15 is 0 Å². The van der Waals surface area contributed by atoms with Crippen molar-refractivity contribution in [3.63, 3.8) is 0 Å². The van der Waals surface area contributed by atoms with Crippen LogP contribution in [-0.4, -0.2) is 45.2 Å². The standard InChI is InChI=1S/C19H19N9O3/c1-13-16(14(2)27(22-13)15-6-4-3-5-7-15)10-20-18(29)17-8-9-25(23-17)12-26-11-21-19(24-26)28(30)31/h3-9,11H,10,12H2,1-2H3,(H,20,29). The van der Waals surface area contributed by atoms with Crippen LogP contribution in [0.4, 0.5) is 5.95 Å². The van der Waals surface area contributed by atoms with Crippen LogP contribution in [0.3, 0.4) is 0 Å². The third-order valence-corrected chi connectivity index (χ3v) is 4.72. The van der Waals surface area contributed by atoms with E-state index < -0.39 is 10.9 Å². The molecule has 0 aliphatic carbocycles. The van der Waals surface area contributed by atoms with Gasteiger partial charge in [0.15, 0.2) is 6.67 Å². The fourth-order valence-corrected chi connectivity index (χ4v) is 3.16. The molecule has 1 aromatic carbocycles. The zero-order valence-corrected chi connectivity index (χ0v) is 16.8. The second kappa shape index (κ2) is 8.18. The highest BCUT2D eigenvalue weighted by Crippen LogP contribution is 2.17. The number of amides is 1. The molecule has 12 nitrogen and oxygen atoms in total. The molecule has 0 radical (unpaired) electrons. The number of para-hydroxylation sites is 1. The van der Waals surface area contributed by atoms with E-state index in [0.29, 0.717) is 6.54 Å². The molecule has 0 spiro atoms. The van der Waals surface area contributed by atoms with Gasteiger partial charge >= 0.3 is 5.95 Å². The predicted molar refractivity (Wildman–Crippen MR) is 109 cm³/mol. The number of nitrogens with zero attached hydrogens (tertiary/aromatic N) is 8. The number of hydrogen-bond acceptors (Lipinski definition) is 7. The van der Waals surface area contributed by atoms with Gasteiger partial charge in [-0.1, -0.05) is 23.2 Å². The zero-order chi connectivity index (χ0) is 22.0. The Bertz CT molecular complexity index is 1240. The summed E-state index contributed by atoms with van der Waals surface area (Å²) in [7, 11) is 0. The molecule has 3 aromatic heterocycles. The molecule has 3 heterocycles. The number of nitrogens with one attached hydrogen (secondary N) is 1. The topological polar surface area (TPSA) is 139 Å². The van der Waals surface area contributed by atoms with Crippen LogP contribution in [-0.2, 0) is 13.2 Å². The molecular formula is C19H19N9O3. The number of hydrogen-bond donors (Lipinski definition) is 1. The lowest BCUT2D eigenvalue weighted by Crippen LogP contribution is -2.24. The summed E-state index contributed by atoms with van der Waals surface area (Å²) < 4.78 is 4.55. The Balaban J connectivity index is 1.42. The number of carbonyl (C=O) groups excluding carboxylic acids is 1. The normalized spacial score (nSPS) is 10.9. The van der Waals surface area contributed by atoms with Crippen LogP contribution in [0.1, 0.15) is 27.4 Å². The quantitative estimate of drug-likeness (QED) is 0.353.